The molecule has 0 bridgehead atoms. The summed E-state index contributed by atoms with van der Waals surface area (Å²) in [6, 6.07) is 15.2. The van der Waals surface area contributed by atoms with Gasteiger partial charge in [-0.25, -0.2) is 9.59 Å². The van der Waals surface area contributed by atoms with Crippen molar-refractivity contribution in [1.29, 1.82) is 0 Å². The Hall–Kier alpha value is -3.35. The number of carboxylic acids is 1. The first-order valence-electron chi connectivity index (χ1n) is 11.5. The van der Waals surface area contributed by atoms with Crippen LogP contribution in [0.5, 0.6) is 0 Å². The zero-order valence-corrected chi connectivity index (χ0v) is 19.4. The molecule has 0 spiro atoms. The number of carbonyl (C=O) groups excluding carboxylic acids is 2. The van der Waals surface area contributed by atoms with E-state index < -0.39 is 29.6 Å². The van der Waals surface area contributed by atoms with Crippen LogP contribution in [0.1, 0.15) is 63.5 Å². The largest absolute Gasteiger partial charge is 0.480 e. The Kier molecular flexibility index (Phi) is 7.74. The Morgan fingerprint density at radius 1 is 0.970 bits per heavy atom. The third-order valence-corrected chi connectivity index (χ3v) is 6.51. The summed E-state index contributed by atoms with van der Waals surface area (Å²) in [5.74, 6) is -1.69. The van der Waals surface area contributed by atoms with E-state index in [1.807, 2.05) is 43.3 Å². The van der Waals surface area contributed by atoms with Gasteiger partial charge in [-0.05, 0) is 41.5 Å². The molecule has 3 rings (SSSR count). The number of carbonyl (C=O) groups is 3. The van der Waals surface area contributed by atoms with Crippen LogP contribution < -0.4 is 10.6 Å². The van der Waals surface area contributed by atoms with Crippen LogP contribution in [0.25, 0.3) is 11.1 Å². The highest BCUT2D eigenvalue weighted by molar-refractivity contribution is 5.91. The highest BCUT2D eigenvalue weighted by atomic mass is 16.5. The van der Waals surface area contributed by atoms with Crippen LogP contribution in [0.4, 0.5) is 4.79 Å². The van der Waals surface area contributed by atoms with Gasteiger partial charge in [-0.2, -0.15) is 0 Å². The number of benzene rings is 2. The van der Waals surface area contributed by atoms with Crippen molar-refractivity contribution in [1.82, 2.24) is 10.6 Å². The fraction of sp³-hybridized carbons (Fsp3) is 0.423. The first-order chi connectivity index (χ1) is 15.9. The maximum atomic E-state index is 12.8. The van der Waals surface area contributed by atoms with E-state index in [1.165, 1.54) is 0 Å². The minimum atomic E-state index is -1.36. The number of fused-ring (bicyclic) bond motifs is 3. The zero-order chi connectivity index (χ0) is 24.0. The normalized spacial score (nSPS) is 13.5. The number of amides is 2. The highest BCUT2D eigenvalue weighted by Crippen LogP contribution is 2.44. The van der Waals surface area contributed by atoms with Gasteiger partial charge in [-0.15, -0.1) is 0 Å². The maximum absolute atomic E-state index is 12.8. The van der Waals surface area contributed by atoms with Gasteiger partial charge in [0.05, 0.1) is 0 Å². The molecular weight excluding hydrogens is 420 g/mol. The molecule has 0 aromatic heterocycles. The molecular formula is C26H32N2O5. The number of alkyl carbamates (subject to hydrolysis) is 1. The second-order valence-corrected chi connectivity index (χ2v) is 8.39. The number of rotatable bonds is 10. The molecule has 176 valence electrons. The SMILES string of the molecule is CCC[C@H](NC(=O)OCC1c2ccccc2-c2ccccc21)C(=O)NC(CC)(CC)C(=O)O. The van der Waals surface area contributed by atoms with E-state index in [2.05, 4.69) is 22.8 Å². The van der Waals surface area contributed by atoms with Gasteiger partial charge in [0.15, 0.2) is 0 Å². The van der Waals surface area contributed by atoms with E-state index in [0.717, 1.165) is 22.3 Å². The third kappa shape index (κ3) is 5.02. The van der Waals surface area contributed by atoms with Crippen molar-refractivity contribution in [2.75, 3.05) is 6.61 Å². The molecule has 2 aromatic carbocycles. The van der Waals surface area contributed by atoms with Crippen LogP contribution in [-0.4, -0.2) is 41.3 Å². The van der Waals surface area contributed by atoms with Crippen LogP contribution in [0.3, 0.4) is 0 Å². The van der Waals surface area contributed by atoms with Crippen molar-refractivity contribution in [3.8, 4) is 11.1 Å². The minimum Gasteiger partial charge on any atom is -0.480 e. The predicted molar refractivity (Wildman–Crippen MR) is 126 cm³/mol. The summed E-state index contributed by atoms with van der Waals surface area (Å²) in [4.78, 5) is 37.2. The van der Waals surface area contributed by atoms with E-state index in [4.69, 9.17) is 4.74 Å². The van der Waals surface area contributed by atoms with Gasteiger partial charge >= 0.3 is 12.1 Å². The second-order valence-electron chi connectivity index (χ2n) is 8.39. The molecule has 3 N–H and O–H groups in total. The number of hydrogen-bond donors (Lipinski definition) is 3. The fourth-order valence-electron chi connectivity index (χ4n) is 4.45. The Balaban J connectivity index is 1.67. The van der Waals surface area contributed by atoms with Crippen LogP contribution in [0.2, 0.25) is 0 Å². The summed E-state index contributed by atoms with van der Waals surface area (Å²) >= 11 is 0. The molecule has 2 aromatic rings. The fourth-order valence-corrected chi connectivity index (χ4v) is 4.45. The quantitative estimate of drug-likeness (QED) is 0.494. The van der Waals surface area contributed by atoms with Gasteiger partial charge in [-0.1, -0.05) is 75.7 Å². The summed E-state index contributed by atoms with van der Waals surface area (Å²) in [7, 11) is 0. The molecule has 0 heterocycles. The number of nitrogens with one attached hydrogen (secondary N) is 2. The van der Waals surface area contributed by atoms with Gasteiger partial charge in [-0.3, -0.25) is 4.79 Å². The van der Waals surface area contributed by atoms with E-state index in [1.54, 1.807) is 13.8 Å². The summed E-state index contributed by atoms with van der Waals surface area (Å²) in [6.45, 7) is 5.46. The van der Waals surface area contributed by atoms with Crippen molar-refractivity contribution < 1.29 is 24.2 Å². The minimum absolute atomic E-state index is 0.0820. The van der Waals surface area contributed by atoms with Gasteiger partial charge in [0.1, 0.15) is 18.2 Å². The predicted octanol–water partition coefficient (Wildman–Crippen LogP) is 4.45. The molecule has 0 unspecified atom stereocenters. The first-order valence-corrected chi connectivity index (χ1v) is 11.5. The molecule has 7 heteroatoms. The Morgan fingerprint density at radius 2 is 1.52 bits per heavy atom. The average Bonchev–Trinajstić information content (AvgIpc) is 3.14. The molecule has 0 fully saturated rings. The standard InChI is InChI=1S/C26H32N2O5/c1-4-11-22(23(29)28-26(5-2,6-3)24(30)31)27-25(32)33-16-21-19-14-9-7-12-17(19)18-13-8-10-15-20(18)21/h7-10,12-15,21-22H,4-6,11,16H2,1-3H3,(H,27,32)(H,28,29)(H,30,31)/t22-/m0/s1. The molecule has 0 saturated carbocycles. The smallest absolute Gasteiger partial charge is 0.407 e. The van der Waals surface area contributed by atoms with Crippen molar-refractivity contribution in [3.63, 3.8) is 0 Å². The van der Waals surface area contributed by atoms with E-state index in [9.17, 15) is 19.5 Å². The summed E-state index contributed by atoms with van der Waals surface area (Å²) in [5, 5.41) is 14.9. The number of carboxylic acid groups (broad SMARTS) is 1. The molecule has 2 amide bonds. The van der Waals surface area contributed by atoms with Crippen LogP contribution >= 0.6 is 0 Å². The second kappa shape index (κ2) is 10.5. The van der Waals surface area contributed by atoms with Crippen molar-refractivity contribution >= 4 is 18.0 Å². The van der Waals surface area contributed by atoms with E-state index >= 15 is 0 Å². The van der Waals surface area contributed by atoms with Gasteiger partial charge < -0.3 is 20.5 Å². The Bertz CT molecular complexity index is 970. The first kappa shape index (κ1) is 24.3. The van der Waals surface area contributed by atoms with Gasteiger partial charge in [0.2, 0.25) is 5.91 Å². The van der Waals surface area contributed by atoms with Crippen molar-refractivity contribution in [2.45, 2.75) is 64.0 Å². The zero-order valence-electron chi connectivity index (χ0n) is 19.4. The Labute approximate surface area is 194 Å². The average molecular weight is 453 g/mol. The number of ether oxygens (including phenoxy) is 1. The summed E-state index contributed by atoms with van der Waals surface area (Å²) in [5.41, 5.74) is 3.12. The molecule has 1 aliphatic carbocycles. The lowest BCUT2D eigenvalue weighted by Gasteiger charge is -2.30. The molecule has 1 aliphatic rings. The van der Waals surface area contributed by atoms with Crippen LogP contribution in [0.15, 0.2) is 48.5 Å². The monoisotopic (exact) mass is 452 g/mol. The number of hydrogen-bond acceptors (Lipinski definition) is 4. The third-order valence-electron chi connectivity index (χ3n) is 6.51. The molecule has 1 atom stereocenters. The molecule has 33 heavy (non-hydrogen) atoms. The lowest BCUT2D eigenvalue weighted by Crippen LogP contribution is -2.58. The summed E-state index contributed by atoms with van der Waals surface area (Å²) < 4.78 is 5.55. The van der Waals surface area contributed by atoms with Gasteiger partial charge in [0, 0.05) is 5.92 Å². The van der Waals surface area contributed by atoms with Crippen molar-refractivity contribution in [2.24, 2.45) is 0 Å². The maximum Gasteiger partial charge on any atom is 0.407 e. The topological polar surface area (TPSA) is 105 Å². The number of aliphatic carboxylic acids is 1. The lowest BCUT2D eigenvalue weighted by atomic mass is 9.92. The van der Waals surface area contributed by atoms with Crippen LogP contribution in [-0.2, 0) is 14.3 Å². The molecule has 0 aliphatic heterocycles. The van der Waals surface area contributed by atoms with Crippen molar-refractivity contribution in [3.05, 3.63) is 59.7 Å². The highest BCUT2D eigenvalue weighted by Gasteiger charge is 2.38. The van der Waals surface area contributed by atoms with Gasteiger partial charge in [0.25, 0.3) is 0 Å². The van der Waals surface area contributed by atoms with E-state index in [-0.39, 0.29) is 25.4 Å². The van der Waals surface area contributed by atoms with E-state index in [0.29, 0.717) is 12.8 Å². The molecule has 0 radical (unpaired) electrons. The lowest BCUT2D eigenvalue weighted by molar-refractivity contribution is -0.148. The molecule has 7 nitrogen and oxygen atoms in total. The van der Waals surface area contributed by atoms with Crippen LogP contribution in [0, 0.1) is 0 Å². The molecule has 0 saturated heterocycles. The Morgan fingerprint density at radius 3 is 2.00 bits per heavy atom. The summed E-state index contributed by atoms with van der Waals surface area (Å²) in [6.07, 6.45) is 0.807.